The first-order chi connectivity index (χ1) is 6.80. The molecular formula is C12H20O2. The van der Waals surface area contributed by atoms with Crippen LogP contribution in [0.3, 0.4) is 0 Å². The van der Waals surface area contributed by atoms with Crippen LogP contribution in [-0.4, -0.2) is 19.5 Å². The van der Waals surface area contributed by atoms with Gasteiger partial charge in [0.25, 0.3) is 0 Å². The van der Waals surface area contributed by atoms with Crippen molar-refractivity contribution in [2.75, 3.05) is 7.11 Å². The molecule has 2 aliphatic carbocycles. The Bertz CT molecular complexity index is 208. The fourth-order valence-corrected chi connectivity index (χ4v) is 3.09. The Morgan fingerprint density at radius 2 is 2.07 bits per heavy atom. The van der Waals surface area contributed by atoms with Gasteiger partial charge >= 0.3 is 0 Å². The van der Waals surface area contributed by atoms with Crippen molar-refractivity contribution in [2.24, 2.45) is 11.3 Å². The Morgan fingerprint density at radius 1 is 1.29 bits per heavy atom. The average Bonchev–Trinajstić information content (AvgIpc) is 2.18. The van der Waals surface area contributed by atoms with Gasteiger partial charge < -0.3 is 9.53 Å². The molecule has 0 amide bonds. The number of rotatable bonds is 3. The number of carbonyl (C=O) groups is 1. The second kappa shape index (κ2) is 4.01. The predicted octanol–water partition coefficient (Wildman–Crippen LogP) is 2.56. The highest BCUT2D eigenvalue weighted by Crippen LogP contribution is 2.50. The smallest absolute Gasteiger partial charge is 0.126 e. The van der Waals surface area contributed by atoms with Gasteiger partial charge in [0.15, 0.2) is 0 Å². The maximum Gasteiger partial charge on any atom is 0.126 e. The zero-order valence-corrected chi connectivity index (χ0v) is 9.00. The summed E-state index contributed by atoms with van der Waals surface area (Å²) in [6.45, 7) is 0. The minimum Gasteiger partial charge on any atom is -0.381 e. The van der Waals surface area contributed by atoms with Crippen molar-refractivity contribution in [1.82, 2.24) is 0 Å². The third-order valence-electron chi connectivity index (χ3n) is 4.29. The first-order valence-corrected chi connectivity index (χ1v) is 5.80. The van der Waals surface area contributed by atoms with E-state index in [0.717, 1.165) is 19.3 Å². The molecule has 0 spiro atoms. The third-order valence-corrected chi connectivity index (χ3v) is 4.29. The van der Waals surface area contributed by atoms with E-state index in [1.807, 2.05) is 0 Å². The fourth-order valence-electron chi connectivity index (χ4n) is 3.09. The Labute approximate surface area is 86.0 Å². The lowest BCUT2D eigenvalue weighted by Gasteiger charge is -2.46. The van der Waals surface area contributed by atoms with E-state index in [2.05, 4.69) is 0 Å². The van der Waals surface area contributed by atoms with Crippen LogP contribution in [0.2, 0.25) is 0 Å². The van der Waals surface area contributed by atoms with E-state index in [4.69, 9.17) is 4.74 Å². The molecule has 2 unspecified atom stereocenters. The molecule has 2 atom stereocenters. The lowest BCUT2D eigenvalue weighted by Crippen LogP contribution is -2.42. The molecule has 0 aromatic carbocycles. The summed E-state index contributed by atoms with van der Waals surface area (Å²) in [4.78, 5) is 11.2. The van der Waals surface area contributed by atoms with Gasteiger partial charge in [0, 0.05) is 12.5 Å². The van der Waals surface area contributed by atoms with Gasteiger partial charge in [0.2, 0.25) is 0 Å². The highest BCUT2D eigenvalue weighted by molar-refractivity contribution is 5.61. The summed E-state index contributed by atoms with van der Waals surface area (Å²) >= 11 is 0. The van der Waals surface area contributed by atoms with E-state index < -0.39 is 0 Å². The third kappa shape index (κ3) is 1.60. The van der Waals surface area contributed by atoms with Gasteiger partial charge in [-0.15, -0.1) is 0 Å². The second-order valence-corrected chi connectivity index (χ2v) is 4.93. The molecule has 0 radical (unpaired) electrons. The summed E-state index contributed by atoms with van der Waals surface area (Å²) in [6.07, 6.45) is 9.89. The fraction of sp³-hybridized carbons (Fsp3) is 0.917. The van der Waals surface area contributed by atoms with Gasteiger partial charge in [0.1, 0.15) is 6.29 Å². The molecule has 2 heteroatoms. The molecule has 0 N–H and O–H groups in total. The topological polar surface area (TPSA) is 26.3 Å². The zero-order valence-electron chi connectivity index (χ0n) is 9.00. The quantitative estimate of drug-likeness (QED) is 0.648. The van der Waals surface area contributed by atoms with Crippen LogP contribution in [0.15, 0.2) is 0 Å². The van der Waals surface area contributed by atoms with Crippen LogP contribution in [0, 0.1) is 11.3 Å². The van der Waals surface area contributed by atoms with Crippen LogP contribution in [-0.2, 0) is 9.53 Å². The van der Waals surface area contributed by atoms with Crippen molar-refractivity contribution in [3.8, 4) is 0 Å². The Kier molecular flexibility index (Phi) is 2.91. The summed E-state index contributed by atoms with van der Waals surface area (Å²) in [5, 5.41) is 0. The van der Waals surface area contributed by atoms with Crippen LogP contribution in [0.5, 0.6) is 0 Å². The van der Waals surface area contributed by atoms with Gasteiger partial charge in [-0.25, -0.2) is 0 Å². The summed E-state index contributed by atoms with van der Waals surface area (Å²) in [5.41, 5.74) is 0.0528. The molecule has 2 nitrogen and oxygen atoms in total. The largest absolute Gasteiger partial charge is 0.381 e. The van der Waals surface area contributed by atoms with Crippen LogP contribution in [0.4, 0.5) is 0 Å². The van der Waals surface area contributed by atoms with Gasteiger partial charge in [-0.3, -0.25) is 0 Å². The van der Waals surface area contributed by atoms with Gasteiger partial charge in [-0.05, 0) is 38.0 Å². The summed E-state index contributed by atoms with van der Waals surface area (Å²) in [6, 6.07) is 0. The maximum atomic E-state index is 11.2. The molecule has 0 aliphatic heterocycles. The molecule has 2 fully saturated rings. The Balaban J connectivity index is 1.99. The maximum absolute atomic E-state index is 11.2. The number of methoxy groups -OCH3 is 1. The predicted molar refractivity (Wildman–Crippen MR) is 55.1 cm³/mol. The van der Waals surface area contributed by atoms with Crippen molar-refractivity contribution in [3.63, 3.8) is 0 Å². The minimum absolute atomic E-state index is 0.0528. The molecule has 0 bridgehead atoms. The van der Waals surface area contributed by atoms with Gasteiger partial charge in [-0.2, -0.15) is 0 Å². The van der Waals surface area contributed by atoms with E-state index in [1.54, 1.807) is 7.11 Å². The molecule has 0 aromatic heterocycles. The van der Waals surface area contributed by atoms with E-state index in [0.29, 0.717) is 12.0 Å². The number of hydrogen-bond donors (Lipinski definition) is 0. The van der Waals surface area contributed by atoms with Gasteiger partial charge in [-0.1, -0.05) is 12.8 Å². The van der Waals surface area contributed by atoms with Crippen LogP contribution in [0.25, 0.3) is 0 Å². The van der Waals surface area contributed by atoms with Crippen LogP contribution < -0.4 is 0 Å². The van der Waals surface area contributed by atoms with Crippen LogP contribution in [0.1, 0.15) is 44.9 Å². The molecular weight excluding hydrogens is 176 g/mol. The molecule has 2 rings (SSSR count). The van der Waals surface area contributed by atoms with Crippen LogP contribution >= 0.6 is 0 Å². The highest BCUT2D eigenvalue weighted by Gasteiger charge is 2.45. The normalized spacial score (nSPS) is 36.1. The Morgan fingerprint density at radius 3 is 2.57 bits per heavy atom. The van der Waals surface area contributed by atoms with Crippen molar-refractivity contribution >= 4 is 6.29 Å². The molecule has 2 aliphatic rings. The summed E-state index contributed by atoms with van der Waals surface area (Å²) < 4.78 is 5.41. The summed E-state index contributed by atoms with van der Waals surface area (Å²) in [7, 11) is 1.79. The first kappa shape index (κ1) is 10.2. The van der Waals surface area contributed by atoms with Crippen molar-refractivity contribution in [2.45, 2.75) is 51.0 Å². The lowest BCUT2D eigenvalue weighted by atomic mass is 9.58. The molecule has 0 aromatic rings. The molecule has 2 saturated carbocycles. The minimum atomic E-state index is 0.0528. The summed E-state index contributed by atoms with van der Waals surface area (Å²) in [5.74, 6) is 0.604. The average molecular weight is 196 g/mol. The number of aldehydes is 1. The zero-order chi connectivity index (χ0) is 10.0. The molecule has 0 saturated heterocycles. The standard InChI is InChI=1S/C12H20O2/c1-14-11-5-2-4-10(8-11)12(9-13)6-3-7-12/h9-11H,2-8H2,1H3. The SMILES string of the molecule is COC1CCCC(C2(C=O)CCC2)C1. The lowest BCUT2D eigenvalue weighted by molar-refractivity contribution is -0.128. The monoisotopic (exact) mass is 196 g/mol. The van der Waals surface area contributed by atoms with Crippen molar-refractivity contribution in [1.29, 1.82) is 0 Å². The van der Waals surface area contributed by atoms with E-state index in [-0.39, 0.29) is 5.41 Å². The van der Waals surface area contributed by atoms with E-state index >= 15 is 0 Å². The molecule has 0 heterocycles. The number of carbonyl (C=O) groups excluding carboxylic acids is 1. The Hall–Kier alpha value is -0.370. The number of ether oxygens (including phenoxy) is 1. The first-order valence-electron chi connectivity index (χ1n) is 5.80. The molecule has 14 heavy (non-hydrogen) atoms. The highest BCUT2D eigenvalue weighted by atomic mass is 16.5. The molecule has 80 valence electrons. The van der Waals surface area contributed by atoms with E-state index in [1.165, 1.54) is 32.0 Å². The van der Waals surface area contributed by atoms with Crippen molar-refractivity contribution in [3.05, 3.63) is 0 Å². The van der Waals surface area contributed by atoms with E-state index in [9.17, 15) is 4.79 Å². The number of hydrogen-bond acceptors (Lipinski definition) is 2. The second-order valence-electron chi connectivity index (χ2n) is 4.93. The van der Waals surface area contributed by atoms with Crippen molar-refractivity contribution < 1.29 is 9.53 Å². The van der Waals surface area contributed by atoms with Gasteiger partial charge in [0.05, 0.1) is 6.10 Å².